The maximum Gasteiger partial charge on any atom is 0.261 e. The van der Waals surface area contributed by atoms with Gasteiger partial charge in [-0.25, -0.2) is 0 Å². The van der Waals surface area contributed by atoms with Gasteiger partial charge in [0.15, 0.2) is 0 Å². The van der Waals surface area contributed by atoms with Gasteiger partial charge in [-0.2, -0.15) is 0 Å². The number of hydrogen-bond acceptors (Lipinski definition) is 3. The number of hydrogen-bond donors (Lipinski definition) is 1. The third kappa shape index (κ3) is 2.90. The highest BCUT2D eigenvalue weighted by Gasteiger charge is 2.06. The second-order valence-corrected chi connectivity index (χ2v) is 6.36. The number of rotatable bonds is 3. The number of carbonyl (C=O) groups excluding carboxylic acids is 1. The summed E-state index contributed by atoms with van der Waals surface area (Å²) in [4.78, 5) is 13.5. The molecule has 2 nitrogen and oxygen atoms in total. The van der Waals surface area contributed by atoms with E-state index in [1.54, 1.807) is 11.3 Å². The molecule has 1 N–H and O–H groups in total. The van der Waals surface area contributed by atoms with E-state index in [2.05, 4.69) is 21.2 Å². The Morgan fingerprint density at radius 1 is 1.40 bits per heavy atom. The first-order chi connectivity index (χ1) is 7.25. The molecule has 2 rings (SSSR count). The Morgan fingerprint density at radius 3 is 2.87 bits per heavy atom. The molecule has 0 spiro atoms. The molecule has 2 aromatic heterocycles. The molecular formula is C10H8BrNOS2. The lowest BCUT2D eigenvalue weighted by atomic mass is 10.4. The maximum atomic E-state index is 11.6. The summed E-state index contributed by atoms with van der Waals surface area (Å²) >= 11 is 6.47. The van der Waals surface area contributed by atoms with E-state index in [1.165, 1.54) is 11.3 Å². The molecular weight excluding hydrogens is 294 g/mol. The lowest BCUT2D eigenvalue weighted by Gasteiger charge is -2.00. The van der Waals surface area contributed by atoms with Crippen LogP contribution in [0.2, 0.25) is 0 Å². The molecule has 0 saturated heterocycles. The second-order valence-electron chi connectivity index (χ2n) is 2.87. The lowest BCUT2D eigenvalue weighted by Crippen LogP contribution is -2.21. The van der Waals surface area contributed by atoms with Crippen molar-refractivity contribution in [3.05, 3.63) is 43.2 Å². The number of halogens is 1. The Morgan fingerprint density at radius 2 is 2.27 bits per heavy atom. The number of nitrogens with one attached hydrogen (secondary N) is 1. The molecule has 0 radical (unpaired) electrons. The average Bonchev–Trinajstić information content (AvgIpc) is 2.84. The quantitative estimate of drug-likeness (QED) is 0.923. The van der Waals surface area contributed by atoms with Crippen LogP contribution < -0.4 is 5.32 Å². The molecule has 15 heavy (non-hydrogen) atoms. The van der Waals surface area contributed by atoms with Crippen LogP contribution in [0, 0.1) is 0 Å². The first kappa shape index (κ1) is 10.9. The minimum atomic E-state index is -0.00507. The highest BCUT2D eigenvalue weighted by molar-refractivity contribution is 9.11. The van der Waals surface area contributed by atoms with Crippen molar-refractivity contribution < 1.29 is 4.79 Å². The molecule has 0 saturated carbocycles. The van der Waals surface area contributed by atoms with E-state index >= 15 is 0 Å². The largest absolute Gasteiger partial charge is 0.346 e. The Labute approximate surface area is 104 Å². The summed E-state index contributed by atoms with van der Waals surface area (Å²) in [6.07, 6.45) is 0. The van der Waals surface area contributed by atoms with Gasteiger partial charge < -0.3 is 5.32 Å². The maximum absolute atomic E-state index is 11.6. The van der Waals surface area contributed by atoms with Crippen LogP contribution in [0.25, 0.3) is 0 Å². The van der Waals surface area contributed by atoms with Crippen LogP contribution >= 0.6 is 38.6 Å². The highest BCUT2D eigenvalue weighted by Crippen LogP contribution is 2.21. The van der Waals surface area contributed by atoms with Gasteiger partial charge >= 0.3 is 0 Å². The summed E-state index contributed by atoms with van der Waals surface area (Å²) in [6.45, 7) is 0.590. The summed E-state index contributed by atoms with van der Waals surface area (Å²) in [7, 11) is 0. The Kier molecular flexibility index (Phi) is 3.56. The molecule has 1 amide bonds. The number of thiophene rings is 2. The molecule has 5 heteroatoms. The fourth-order valence-electron chi connectivity index (χ4n) is 1.11. The topological polar surface area (TPSA) is 29.1 Å². The molecule has 0 bridgehead atoms. The molecule has 0 aliphatic carbocycles. The molecule has 0 aliphatic rings. The number of amides is 1. The molecule has 0 unspecified atom stereocenters. The van der Waals surface area contributed by atoms with Crippen molar-refractivity contribution in [3.63, 3.8) is 0 Å². The van der Waals surface area contributed by atoms with Gasteiger partial charge in [0.1, 0.15) is 0 Å². The predicted molar refractivity (Wildman–Crippen MR) is 67.5 cm³/mol. The van der Waals surface area contributed by atoms with Crippen LogP contribution in [-0.4, -0.2) is 5.91 Å². The molecule has 2 heterocycles. The van der Waals surface area contributed by atoms with Gasteiger partial charge in [-0.1, -0.05) is 6.07 Å². The Balaban J connectivity index is 1.91. The van der Waals surface area contributed by atoms with Crippen LogP contribution in [0.1, 0.15) is 14.5 Å². The van der Waals surface area contributed by atoms with E-state index in [0.29, 0.717) is 6.54 Å². The van der Waals surface area contributed by atoms with Crippen molar-refractivity contribution in [2.24, 2.45) is 0 Å². The summed E-state index contributed by atoms with van der Waals surface area (Å²) in [5, 5.41) is 4.78. The van der Waals surface area contributed by atoms with E-state index in [4.69, 9.17) is 0 Å². The van der Waals surface area contributed by atoms with Crippen LogP contribution in [0.5, 0.6) is 0 Å². The van der Waals surface area contributed by atoms with Gasteiger partial charge in [0.25, 0.3) is 5.91 Å². The fourth-order valence-corrected chi connectivity index (χ4v) is 3.17. The molecule has 0 fully saturated rings. The van der Waals surface area contributed by atoms with E-state index in [1.807, 2.05) is 29.6 Å². The van der Waals surface area contributed by atoms with E-state index in [-0.39, 0.29) is 5.91 Å². The smallest absolute Gasteiger partial charge is 0.261 e. The Bertz CT molecular complexity index is 450. The highest BCUT2D eigenvalue weighted by atomic mass is 79.9. The Hall–Kier alpha value is -0.650. The molecule has 78 valence electrons. The van der Waals surface area contributed by atoms with Gasteiger partial charge in [-0.05, 0) is 39.5 Å². The van der Waals surface area contributed by atoms with Crippen LogP contribution in [0.3, 0.4) is 0 Å². The second kappa shape index (κ2) is 4.92. The monoisotopic (exact) mass is 301 g/mol. The summed E-state index contributed by atoms with van der Waals surface area (Å²) in [5.41, 5.74) is 0. The van der Waals surface area contributed by atoms with Crippen LogP contribution in [0.15, 0.2) is 33.4 Å². The van der Waals surface area contributed by atoms with Crippen molar-refractivity contribution >= 4 is 44.5 Å². The summed E-state index contributed by atoms with van der Waals surface area (Å²) in [5.74, 6) is -0.00507. The molecule has 0 aromatic carbocycles. The normalized spacial score (nSPS) is 10.2. The van der Waals surface area contributed by atoms with Gasteiger partial charge in [0.05, 0.1) is 15.2 Å². The number of carbonyl (C=O) groups is 1. The summed E-state index contributed by atoms with van der Waals surface area (Å²) < 4.78 is 1.09. The van der Waals surface area contributed by atoms with Crippen molar-refractivity contribution in [1.82, 2.24) is 5.32 Å². The van der Waals surface area contributed by atoms with Gasteiger partial charge in [0.2, 0.25) is 0 Å². The van der Waals surface area contributed by atoms with Crippen molar-refractivity contribution in [1.29, 1.82) is 0 Å². The van der Waals surface area contributed by atoms with Crippen molar-refractivity contribution in [2.45, 2.75) is 6.54 Å². The summed E-state index contributed by atoms with van der Waals surface area (Å²) in [6, 6.07) is 7.69. The first-order valence-electron chi connectivity index (χ1n) is 4.31. The fraction of sp³-hybridized carbons (Fsp3) is 0.100. The zero-order valence-electron chi connectivity index (χ0n) is 7.70. The van der Waals surface area contributed by atoms with Crippen LogP contribution in [-0.2, 0) is 6.54 Å². The standard InChI is InChI=1S/C10H8BrNOS2/c11-9-4-3-7(15-9)6-12-10(13)8-2-1-5-14-8/h1-5H,6H2,(H,12,13). The minimum absolute atomic E-state index is 0.00507. The van der Waals surface area contributed by atoms with Crippen molar-refractivity contribution in [2.75, 3.05) is 0 Å². The molecule has 0 aliphatic heterocycles. The van der Waals surface area contributed by atoms with E-state index in [0.717, 1.165) is 13.5 Å². The zero-order chi connectivity index (χ0) is 10.7. The average molecular weight is 302 g/mol. The van der Waals surface area contributed by atoms with Crippen molar-refractivity contribution in [3.8, 4) is 0 Å². The SMILES string of the molecule is O=C(NCc1ccc(Br)s1)c1cccs1. The predicted octanol–water partition coefficient (Wildman–Crippen LogP) is 3.50. The third-order valence-corrected chi connectivity index (χ3v) is 4.29. The van der Waals surface area contributed by atoms with E-state index in [9.17, 15) is 4.79 Å². The molecule has 2 aromatic rings. The van der Waals surface area contributed by atoms with Crippen LogP contribution in [0.4, 0.5) is 0 Å². The van der Waals surface area contributed by atoms with Gasteiger partial charge in [-0.15, -0.1) is 22.7 Å². The minimum Gasteiger partial charge on any atom is -0.346 e. The zero-order valence-corrected chi connectivity index (χ0v) is 10.9. The lowest BCUT2D eigenvalue weighted by molar-refractivity contribution is 0.0955. The molecule has 0 atom stereocenters. The third-order valence-electron chi connectivity index (χ3n) is 1.80. The van der Waals surface area contributed by atoms with Gasteiger partial charge in [-0.3, -0.25) is 4.79 Å². The van der Waals surface area contributed by atoms with Gasteiger partial charge in [0, 0.05) is 4.88 Å². The van der Waals surface area contributed by atoms with E-state index < -0.39 is 0 Å². The first-order valence-corrected chi connectivity index (χ1v) is 6.80.